The number of aryl methyl sites for hydroxylation is 1. The number of halogens is 3. The fraction of sp³-hybridized carbons (Fsp3) is 0.0588. The molecule has 0 bridgehead atoms. The zero-order chi connectivity index (χ0) is 18.1. The lowest BCUT2D eigenvalue weighted by Gasteiger charge is -2.13. The average Bonchev–Trinajstić information content (AvgIpc) is 2.52. The highest BCUT2D eigenvalue weighted by Gasteiger charge is 2.09. The number of thiocarbonyl (C=S) groups is 1. The van der Waals surface area contributed by atoms with Crippen LogP contribution in [0.2, 0.25) is 15.1 Å². The molecule has 25 heavy (non-hydrogen) atoms. The molecule has 0 unspecified atom stereocenters. The zero-order valence-electron chi connectivity index (χ0n) is 12.8. The van der Waals surface area contributed by atoms with E-state index in [1.807, 2.05) is 19.1 Å². The molecule has 0 fully saturated rings. The summed E-state index contributed by atoms with van der Waals surface area (Å²) in [6.45, 7) is 1.85. The van der Waals surface area contributed by atoms with E-state index >= 15 is 0 Å². The van der Waals surface area contributed by atoms with Crippen LogP contribution in [-0.4, -0.2) is 5.11 Å². The van der Waals surface area contributed by atoms with Gasteiger partial charge in [-0.15, -0.1) is 0 Å². The van der Waals surface area contributed by atoms with Gasteiger partial charge in [0, 0.05) is 23.2 Å². The lowest BCUT2D eigenvalue weighted by molar-refractivity contribution is 0.560. The number of hydrogen-bond acceptors (Lipinski definition) is 3. The van der Waals surface area contributed by atoms with Crippen molar-refractivity contribution in [2.24, 2.45) is 0 Å². The van der Waals surface area contributed by atoms with E-state index in [0.29, 0.717) is 37.1 Å². The molecule has 0 saturated carbocycles. The summed E-state index contributed by atoms with van der Waals surface area (Å²) in [5.41, 5.74) is 2.11. The Hall–Kier alpha value is -1.79. The van der Waals surface area contributed by atoms with Crippen molar-refractivity contribution in [2.45, 2.75) is 6.92 Å². The van der Waals surface area contributed by atoms with E-state index in [-0.39, 0.29) is 0 Å². The van der Waals surface area contributed by atoms with Gasteiger partial charge in [-0.25, -0.2) is 4.79 Å². The molecule has 0 radical (unpaired) electrons. The van der Waals surface area contributed by atoms with E-state index in [1.54, 1.807) is 12.1 Å². The number of rotatable bonds is 2. The molecule has 0 amide bonds. The van der Waals surface area contributed by atoms with Gasteiger partial charge in [0.15, 0.2) is 5.11 Å². The lowest BCUT2D eigenvalue weighted by Crippen LogP contribution is -2.19. The largest absolute Gasteiger partial charge is 0.423 e. The van der Waals surface area contributed by atoms with Gasteiger partial charge in [0.2, 0.25) is 0 Å². The molecule has 3 rings (SSSR count). The fourth-order valence-electron chi connectivity index (χ4n) is 2.31. The minimum Gasteiger partial charge on any atom is -0.423 e. The van der Waals surface area contributed by atoms with E-state index in [9.17, 15) is 4.79 Å². The Labute approximate surface area is 163 Å². The van der Waals surface area contributed by atoms with Crippen LogP contribution in [0.3, 0.4) is 0 Å². The molecule has 0 aliphatic heterocycles. The highest BCUT2D eigenvalue weighted by molar-refractivity contribution is 7.80. The van der Waals surface area contributed by atoms with Gasteiger partial charge < -0.3 is 15.1 Å². The fourth-order valence-corrected chi connectivity index (χ4v) is 3.13. The second-order valence-electron chi connectivity index (χ2n) is 5.28. The van der Waals surface area contributed by atoms with Gasteiger partial charge in [-0.3, -0.25) is 0 Å². The van der Waals surface area contributed by atoms with Gasteiger partial charge in [0.05, 0.1) is 20.8 Å². The molecule has 0 atom stereocenters. The average molecular weight is 414 g/mol. The van der Waals surface area contributed by atoms with E-state index in [4.69, 9.17) is 51.4 Å². The smallest absolute Gasteiger partial charge is 0.336 e. The molecule has 128 valence electrons. The number of anilines is 2. The van der Waals surface area contributed by atoms with Crippen molar-refractivity contribution in [1.82, 2.24) is 0 Å². The molecule has 0 spiro atoms. The van der Waals surface area contributed by atoms with Crippen LogP contribution in [0.1, 0.15) is 5.56 Å². The minimum absolute atomic E-state index is 0.301. The summed E-state index contributed by atoms with van der Waals surface area (Å²) in [5, 5.41) is 8.22. The van der Waals surface area contributed by atoms with Crippen LogP contribution in [0, 0.1) is 6.92 Å². The zero-order valence-corrected chi connectivity index (χ0v) is 15.9. The number of fused-ring (bicyclic) bond motifs is 1. The van der Waals surface area contributed by atoms with Crippen molar-refractivity contribution in [3.05, 3.63) is 67.4 Å². The normalized spacial score (nSPS) is 10.7. The monoisotopic (exact) mass is 412 g/mol. The molecular formula is C17H11Cl3N2O2S. The van der Waals surface area contributed by atoms with E-state index in [0.717, 1.165) is 10.9 Å². The first-order valence-electron chi connectivity index (χ1n) is 7.10. The molecule has 2 aromatic carbocycles. The first-order valence-corrected chi connectivity index (χ1v) is 8.65. The molecule has 0 aliphatic carbocycles. The van der Waals surface area contributed by atoms with Gasteiger partial charge in [0.25, 0.3) is 0 Å². The van der Waals surface area contributed by atoms with Gasteiger partial charge >= 0.3 is 5.63 Å². The maximum absolute atomic E-state index is 11.5. The summed E-state index contributed by atoms with van der Waals surface area (Å²) in [5.74, 6) is 0. The highest BCUT2D eigenvalue weighted by Crippen LogP contribution is 2.32. The Morgan fingerprint density at radius 3 is 2.48 bits per heavy atom. The van der Waals surface area contributed by atoms with Gasteiger partial charge in [-0.05, 0) is 49.0 Å². The molecule has 2 N–H and O–H groups in total. The summed E-state index contributed by atoms with van der Waals surface area (Å²) in [7, 11) is 0. The standard InChI is InChI=1S/C17H11Cl3N2O2S/c1-8-4-16(23)24-15-5-9(2-3-10(8)15)21-17(25)22-14-7-12(19)11(18)6-13(14)20/h2-7H,1H3,(H2,21,22,25). The number of nitrogens with one attached hydrogen (secondary N) is 2. The van der Waals surface area contributed by atoms with Crippen molar-refractivity contribution in [2.75, 3.05) is 10.6 Å². The van der Waals surface area contributed by atoms with Crippen molar-refractivity contribution in [3.8, 4) is 0 Å². The summed E-state index contributed by atoms with van der Waals surface area (Å²) in [4.78, 5) is 11.5. The van der Waals surface area contributed by atoms with Gasteiger partial charge in [-0.2, -0.15) is 0 Å². The summed E-state index contributed by atoms with van der Waals surface area (Å²) >= 11 is 23.3. The molecule has 8 heteroatoms. The topological polar surface area (TPSA) is 54.3 Å². The molecule has 3 aromatic rings. The van der Waals surface area contributed by atoms with E-state index in [2.05, 4.69) is 10.6 Å². The number of hydrogen-bond donors (Lipinski definition) is 2. The maximum Gasteiger partial charge on any atom is 0.336 e. The first-order chi connectivity index (χ1) is 11.8. The van der Waals surface area contributed by atoms with Crippen LogP contribution in [-0.2, 0) is 0 Å². The van der Waals surface area contributed by atoms with Crippen molar-refractivity contribution < 1.29 is 4.42 Å². The quantitative estimate of drug-likeness (QED) is 0.312. The van der Waals surface area contributed by atoms with Crippen molar-refractivity contribution in [3.63, 3.8) is 0 Å². The predicted molar refractivity (Wildman–Crippen MR) is 109 cm³/mol. The minimum atomic E-state index is -0.398. The highest BCUT2D eigenvalue weighted by atomic mass is 35.5. The third kappa shape index (κ3) is 4.07. The van der Waals surface area contributed by atoms with Crippen LogP contribution in [0.4, 0.5) is 11.4 Å². The van der Waals surface area contributed by atoms with E-state index in [1.165, 1.54) is 12.1 Å². The molecular weight excluding hydrogens is 403 g/mol. The van der Waals surface area contributed by atoms with Gasteiger partial charge in [-0.1, -0.05) is 34.8 Å². The van der Waals surface area contributed by atoms with E-state index < -0.39 is 5.63 Å². The third-order valence-electron chi connectivity index (χ3n) is 3.47. The van der Waals surface area contributed by atoms with Crippen molar-refractivity contribution in [1.29, 1.82) is 0 Å². The molecule has 0 saturated heterocycles. The SMILES string of the molecule is Cc1cc(=O)oc2cc(NC(=S)Nc3cc(Cl)c(Cl)cc3Cl)ccc12. The molecule has 1 heterocycles. The first kappa shape index (κ1) is 18.0. The second-order valence-corrected chi connectivity index (χ2v) is 6.91. The summed E-state index contributed by atoms with van der Waals surface area (Å²) < 4.78 is 5.22. The van der Waals surface area contributed by atoms with Crippen LogP contribution < -0.4 is 16.3 Å². The lowest BCUT2D eigenvalue weighted by atomic mass is 10.1. The molecule has 4 nitrogen and oxygen atoms in total. The molecule has 0 aliphatic rings. The van der Waals surface area contributed by atoms with Crippen molar-refractivity contribution >= 4 is 74.5 Å². The van der Waals surface area contributed by atoms with Crippen LogP contribution in [0.25, 0.3) is 11.0 Å². The predicted octanol–water partition coefficient (Wildman–Crippen LogP) is 5.87. The Balaban J connectivity index is 1.83. The van der Waals surface area contributed by atoms with Crippen LogP contribution in [0.15, 0.2) is 45.6 Å². The Morgan fingerprint density at radius 1 is 1.00 bits per heavy atom. The number of benzene rings is 2. The second kappa shape index (κ2) is 7.22. The molecule has 1 aromatic heterocycles. The summed E-state index contributed by atoms with van der Waals surface area (Å²) in [6, 6.07) is 9.96. The maximum atomic E-state index is 11.5. The van der Waals surface area contributed by atoms with Crippen LogP contribution >= 0.6 is 47.0 Å². The Bertz CT molecular complexity index is 1050. The Kier molecular flexibility index (Phi) is 5.20. The summed E-state index contributed by atoms with van der Waals surface area (Å²) in [6.07, 6.45) is 0. The Morgan fingerprint density at radius 2 is 1.72 bits per heavy atom. The third-order valence-corrected chi connectivity index (χ3v) is 4.71. The van der Waals surface area contributed by atoms with Crippen LogP contribution in [0.5, 0.6) is 0 Å². The van der Waals surface area contributed by atoms with Gasteiger partial charge in [0.1, 0.15) is 5.58 Å².